The van der Waals surface area contributed by atoms with Crippen molar-refractivity contribution in [1.29, 1.82) is 0 Å². The number of ether oxygens (including phenoxy) is 1. The molecule has 2 aliphatic rings. The molecule has 0 amide bonds. The van der Waals surface area contributed by atoms with Gasteiger partial charge in [-0.15, -0.1) is 13.2 Å². The smallest absolute Gasteiger partial charge is 0.403 e. The van der Waals surface area contributed by atoms with E-state index < -0.39 is 17.9 Å². The van der Waals surface area contributed by atoms with Crippen LogP contribution in [-0.2, 0) is 6.42 Å². The van der Waals surface area contributed by atoms with Gasteiger partial charge in [-0.1, -0.05) is 63.4 Å². The monoisotopic (exact) mass is 486 g/mol. The molecule has 0 aliphatic heterocycles. The van der Waals surface area contributed by atoms with E-state index >= 15 is 0 Å². The average Bonchev–Trinajstić information content (AvgIpc) is 2.83. The summed E-state index contributed by atoms with van der Waals surface area (Å²) >= 11 is 0. The molecule has 3 atom stereocenters. The van der Waals surface area contributed by atoms with Gasteiger partial charge in [-0.3, -0.25) is 0 Å². The first kappa shape index (κ1) is 25.6. The second kappa shape index (κ2) is 11.5. The highest BCUT2D eigenvalue weighted by Crippen LogP contribution is 2.48. The first-order valence-corrected chi connectivity index (χ1v) is 13.0. The van der Waals surface area contributed by atoms with Crippen molar-refractivity contribution in [2.24, 2.45) is 11.8 Å². The van der Waals surface area contributed by atoms with Crippen LogP contribution >= 0.6 is 0 Å². The molecule has 0 spiro atoms. The Labute approximate surface area is 206 Å². The van der Waals surface area contributed by atoms with Gasteiger partial charge in [0.2, 0.25) is 0 Å². The number of rotatable bonds is 7. The van der Waals surface area contributed by atoms with E-state index in [0.717, 1.165) is 36.0 Å². The molecule has 0 unspecified atom stereocenters. The second-order valence-electron chi connectivity index (χ2n) is 10.1. The van der Waals surface area contributed by atoms with E-state index in [1.54, 1.807) is 0 Å². The zero-order chi connectivity index (χ0) is 24.8. The van der Waals surface area contributed by atoms with Gasteiger partial charge in [0, 0.05) is 11.1 Å². The number of hydrogen-bond donors (Lipinski definition) is 0. The van der Waals surface area contributed by atoms with Gasteiger partial charge in [0.05, 0.1) is 0 Å². The molecule has 2 aliphatic carbocycles. The number of benzene rings is 2. The lowest BCUT2D eigenvalue weighted by Gasteiger charge is -2.40. The van der Waals surface area contributed by atoms with Gasteiger partial charge < -0.3 is 4.74 Å². The van der Waals surface area contributed by atoms with E-state index in [1.165, 1.54) is 81.4 Å². The first-order valence-electron chi connectivity index (χ1n) is 13.0. The van der Waals surface area contributed by atoms with Crippen molar-refractivity contribution in [2.45, 2.75) is 89.8 Å². The van der Waals surface area contributed by atoms with Gasteiger partial charge in [-0.25, -0.2) is 4.39 Å². The minimum Gasteiger partial charge on any atom is -0.403 e. The van der Waals surface area contributed by atoms with Crippen molar-refractivity contribution in [1.82, 2.24) is 0 Å². The van der Waals surface area contributed by atoms with Gasteiger partial charge in [0.15, 0.2) is 11.6 Å². The Morgan fingerprint density at radius 1 is 0.914 bits per heavy atom. The fourth-order valence-corrected chi connectivity index (χ4v) is 5.92. The summed E-state index contributed by atoms with van der Waals surface area (Å²) in [6, 6.07) is 9.63. The maximum atomic E-state index is 13.9. The zero-order valence-electron chi connectivity index (χ0n) is 20.4. The van der Waals surface area contributed by atoms with Crippen LogP contribution in [0, 0.1) is 29.5 Å². The third kappa shape index (κ3) is 7.03. The largest absolute Gasteiger partial charge is 0.573 e. The lowest BCUT2D eigenvalue weighted by molar-refractivity contribution is -0.275. The minimum absolute atomic E-state index is 0.308. The summed E-state index contributed by atoms with van der Waals surface area (Å²) in [5.74, 6) is 6.30. The molecule has 4 rings (SSSR count). The summed E-state index contributed by atoms with van der Waals surface area (Å²) in [6.07, 6.45) is 9.50. The van der Waals surface area contributed by atoms with Crippen molar-refractivity contribution >= 4 is 0 Å². The van der Waals surface area contributed by atoms with E-state index in [0.29, 0.717) is 11.5 Å². The zero-order valence-corrected chi connectivity index (χ0v) is 20.4. The number of hydrogen-bond acceptors (Lipinski definition) is 1. The molecular weight excluding hydrogens is 452 g/mol. The van der Waals surface area contributed by atoms with Crippen LogP contribution < -0.4 is 4.74 Å². The van der Waals surface area contributed by atoms with E-state index in [2.05, 4.69) is 35.6 Å². The van der Waals surface area contributed by atoms with E-state index in [1.807, 2.05) is 6.07 Å². The molecule has 35 heavy (non-hydrogen) atoms. The van der Waals surface area contributed by atoms with E-state index in [-0.39, 0.29) is 0 Å². The Kier molecular flexibility index (Phi) is 8.42. The number of halogens is 4. The molecule has 0 bridgehead atoms. The molecule has 1 nitrogen and oxygen atoms in total. The standard InChI is InChI=1S/C30H34F4O/c1-2-3-4-5-6-7-21-10-15-26-24(18-21)13-14-25-19-22(11-16-27(25)26)8-9-23-12-17-29(28(31)20-23)35-30(32,33)34/h11-12,16-17,19-21,24,26H,2-7,10,13-15,18H2,1H3/t21-,24-,26+/m1/s1. The summed E-state index contributed by atoms with van der Waals surface area (Å²) in [6.45, 7) is 2.26. The highest BCUT2D eigenvalue weighted by Gasteiger charge is 2.35. The molecule has 0 saturated heterocycles. The van der Waals surface area contributed by atoms with Crippen LogP contribution in [0.4, 0.5) is 17.6 Å². The van der Waals surface area contributed by atoms with Gasteiger partial charge in [0.25, 0.3) is 0 Å². The van der Waals surface area contributed by atoms with Crippen LogP contribution in [0.1, 0.15) is 99.3 Å². The van der Waals surface area contributed by atoms with Crippen LogP contribution in [0.5, 0.6) is 5.75 Å². The van der Waals surface area contributed by atoms with Crippen LogP contribution in [0.2, 0.25) is 0 Å². The van der Waals surface area contributed by atoms with Crippen LogP contribution in [-0.4, -0.2) is 6.36 Å². The van der Waals surface area contributed by atoms with Crippen LogP contribution in [0.3, 0.4) is 0 Å². The summed E-state index contributed by atoms with van der Waals surface area (Å²) in [5, 5.41) is 0. The van der Waals surface area contributed by atoms with Crippen molar-refractivity contribution in [3.63, 3.8) is 0 Å². The molecule has 0 aromatic heterocycles. The number of aryl methyl sites for hydroxylation is 1. The molecule has 2 aromatic carbocycles. The van der Waals surface area contributed by atoms with Crippen LogP contribution in [0.25, 0.3) is 0 Å². The number of unbranched alkanes of at least 4 members (excludes halogenated alkanes) is 4. The predicted octanol–water partition coefficient (Wildman–Crippen LogP) is 8.93. The second-order valence-corrected chi connectivity index (χ2v) is 10.1. The molecule has 1 fully saturated rings. The molecule has 2 aromatic rings. The average molecular weight is 487 g/mol. The summed E-state index contributed by atoms with van der Waals surface area (Å²) in [4.78, 5) is 0. The maximum Gasteiger partial charge on any atom is 0.573 e. The highest BCUT2D eigenvalue weighted by atomic mass is 19.4. The molecular formula is C30H34F4O. The summed E-state index contributed by atoms with van der Waals surface area (Å²) in [5.41, 5.74) is 3.98. The fraction of sp³-hybridized carbons (Fsp3) is 0.533. The molecule has 188 valence electrons. The Bertz CT molecular complexity index is 1060. The molecule has 0 N–H and O–H groups in total. The Hall–Kier alpha value is -2.48. The van der Waals surface area contributed by atoms with Gasteiger partial charge >= 0.3 is 6.36 Å². The molecule has 1 saturated carbocycles. The minimum atomic E-state index is -4.93. The lowest BCUT2D eigenvalue weighted by atomic mass is 9.64. The highest BCUT2D eigenvalue weighted by molar-refractivity contribution is 5.48. The topological polar surface area (TPSA) is 9.23 Å². The van der Waals surface area contributed by atoms with Crippen molar-refractivity contribution in [3.8, 4) is 17.6 Å². The van der Waals surface area contributed by atoms with Crippen molar-refractivity contribution < 1.29 is 22.3 Å². The van der Waals surface area contributed by atoms with E-state index in [9.17, 15) is 17.6 Å². The third-order valence-electron chi connectivity index (χ3n) is 7.64. The van der Waals surface area contributed by atoms with Crippen LogP contribution in [0.15, 0.2) is 36.4 Å². The Morgan fingerprint density at radius 3 is 2.40 bits per heavy atom. The third-order valence-corrected chi connectivity index (χ3v) is 7.64. The molecule has 0 heterocycles. The first-order chi connectivity index (χ1) is 16.8. The Balaban J connectivity index is 1.37. The van der Waals surface area contributed by atoms with Crippen molar-refractivity contribution in [3.05, 3.63) is 64.5 Å². The lowest BCUT2D eigenvalue weighted by Crippen LogP contribution is -2.28. The number of alkyl halides is 3. The summed E-state index contributed by atoms with van der Waals surface area (Å²) in [7, 11) is 0. The molecule has 0 radical (unpaired) electrons. The fourth-order valence-electron chi connectivity index (χ4n) is 5.92. The number of fused-ring (bicyclic) bond motifs is 3. The normalized spacial score (nSPS) is 21.5. The Morgan fingerprint density at radius 2 is 1.66 bits per heavy atom. The maximum absolute atomic E-state index is 13.9. The van der Waals surface area contributed by atoms with Crippen molar-refractivity contribution in [2.75, 3.05) is 0 Å². The quantitative estimate of drug-likeness (QED) is 0.216. The van der Waals surface area contributed by atoms with Gasteiger partial charge in [-0.2, -0.15) is 0 Å². The predicted molar refractivity (Wildman–Crippen MR) is 131 cm³/mol. The van der Waals surface area contributed by atoms with Gasteiger partial charge in [0.1, 0.15) is 0 Å². The molecule has 5 heteroatoms. The van der Waals surface area contributed by atoms with Gasteiger partial charge in [-0.05, 0) is 91.3 Å². The van der Waals surface area contributed by atoms with E-state index in [4.69, 9.17) is 0 Å². The SMILES string of the molecule is CCCCCCC[C@@H]1CC[C@@H]2c3ccc(C#Cc4ccc(OC(F)(F)F)c(F)c4)cc3CC[C@@H]2C1. The summed E-state index contributed by atoms with van der Waals surface area (Å²) < 4.78 is 54.6.